The maximum atomic E-state index is 12.5. The Labute approximate surface area is 183 Å². The lowest BCUT2D eigenvalue weighted by Crippen LogP contribution is -2.38. The summed E-state index contributed by atoms with van der Waals surface area (Å²) in [5, 5.41) is 13.4. The zero-order valence-corrected chi connectivity index (χ0v) is 17.8. The van der Waals surface area contributed by atoms with Crippen LogP contribution in [0.5, 0.6) is 0 Å². The summed E-state index contributed by atoms with van der Waals surface area (Å²) in [5.74, 6) is -0.165. The molecule has 8 heteroatoms. The number of fused-ring (bicyclic) bond motifs is 1. The van der Waals surface area contributed by atoms with Gasteiger partial charge in [0.2, 0.25) is 5.91 Å². The van der Waals surface area contributed by atoms with E-state index in [1.165, 1.54) is 16.9 Å². The summed E-state index contributed by atoms with van der Waals surface area (Å²) in [4.78, 5) is 26.7. The van der Waals surface area contributed by atoms with Crippen molar-refractivity contribution in [1.82, 2.24) is 10.4 Å². The Hall–Kier alpha value is -2.45. The summed E-state index contributed by atoms with van der Waals surface area (Å²) >= 11 is 7.59. The van der Waals surface area contributed by atoms with Crippen LogP contribution in [0.25, 0.3) is 10.1 Å². The lowest BCUT2D eigenvalue weighted by atomic mass is 9.89. The van der Waals surface area contributed by atoms with Crippen molar-refractivity contribution in [2.24, 2.45) is 0 Å². The lowest BCUT2D eigenvalue weighted by molar-refractivity contribution is -0.117. The fourth-order valence-electron chi connectivity index (χ4n) is 3.89. The number of piperidine rings is 1. The molecule has 4 rings (SSSR count). The fourth-order valence-corrected chi connectivity index (χ4v) is 5.17. The van der Waals surface area contributed by atoms with E-state index >= 15 is 0 Å². The third-order valence-corrected chi connectivity index (χ3v) is 6.87. The van der Waals surface area contributed by atoms with E-state index < -0.39 is 5.91 Å². The van der Waals surface area contributed by atoms with E-state index in [0.717, 1.165) is 41.0 Å². The van der Waals surface area contributed by atoms with Crippen molar-refractivity contribution in [3.63, 3.8) is 0 Å². The number of likely N-dealkylation sites (tertiary alicyclic amines) is 1. The third kappa shape index (κ3) is 4.65. The zero-order chi connectivity index (χ0) is 21.1. The number of hydrogen-bond donors (Lipinski definition) is 3. The van der Waals surface area contributed by atoms with Crippen LogP contribution in [0, 0.1) is 0 Å². The molecule has 0 atom stereocenters. The monoisotopic (exact) mass is 443 g/mol. The van der Waals surface area contributed by atoms with E-state index in [4.69, 9.17) is 16.8 Å². The van der Waals surface area contributed by atoms with Gasteiger partial charge in [-0.1, -0.05) is 35.9 Å². The minimum atomic E-state index is -0.540. The van der Waals surface area contributed by atoms with Crippen LogP contribution in [-0.4, -0.2) is 41.6 Å². The average molecular weight is 444 g/mol. The molecule has 3 N–H and O–H groups in total. The molecule has 2 heterocycles. The molecule has 2 aromatic carbocycles. The molecule has 0 saturated carbocycles. The summed E-state index contributed by atoms with van der Waals surface area (Å²) in [6, 6.07) is 15.2. The largest absolute Gasteiger partial charge is 0.325 e. The first-order valence-corrected chi connectivity index (χ1v) is 11.0. The number of thiophene rings is 1. The first kappa shape index (κ1) is 20.8. The summed E-state index contributed by atoms with van der Waals surface area (Å²) in [6.45, 7) is 2.05. The van der Waals surface area contributed by atoms with Gasteiger partial charge in [0.15, 0.2) is 0 Å². The number of hydrogen-bond acceptors (Lipinski definition) is 5. The minimum Gasteiger partial charge on any atom is -0.325 e. The first-order valence-electron chi connectivity index (χ1n) is 9.78. The predicted octanol–water partition coefficient (Wildman–Crippen LogP) is 4.49. The minimum absolute atomic E-state index is 0.0598. The number of benzene rings is 2. The smallest absolute Gasteiger partial charge is 0.284 e. The van der Waals surface area contributed by atoms with E-state index in [1.807, 2.05) is 36.4 Å². The quantitative estimate of drug-likeness (QED) is 0.401. The Morgan fingerprint density at radius 1 is 1.13 bits per heavy atom. The normalized spacial score (nSPS) is 15.3. The summed E-state index contributed by atoms with van der Waals surface area (Å²) in [5.41, 5.74) is 3.53. The Kier molecular flexibility index (Phi) is 6.34. The molecule has 0 bridgehead atoms. The molecule has 1 aromatic heterocycles. The van der Waals surface area contributed by atoms with Gasteiger partial charge in [0, 0.05) is 15.4 Å². The molecular weight excluding hydrogens is 422 g/mol. The zero-order valence-electron chi connectivity index (χ0n) is 16.2. The number of anilines is 1. The highest BCUT2D eigenvalue weighted by Gasteiger charge is 2.23. The number of nitrogens with one attached hydrogen (secondary N) is 2. The Bertz CT molecular complexity index is 1080. The second-order valence-corrected chi connectivity index (χ2v) is 8.92. The number of nitrogens with zero attached hydrogens (tertiary/aromatic N) is 1. The number of rotatable bonds is 5. The average Bonchev–Trinajstić information content (AvgIpc) is 3.17. The van der Waals surface area contributed by atoms with Gasteiger partial charge < -0.3 is 5.32 Å². The van der Waals surface area contributed by atoms with Crippen molar-refractivity contribution in [1.29, 1.82) is 0 Å². The molecule has 156 valence electrons. The van der Waals surface area contributed by atoms with Gasteiger partial charge in [-0.05, 0) is 67.1 Å². The van der Waals surface area contributed by atoms with Gasteiger partial charge in [-0.2, -0.15) is 0 Å². The maximum absolute atomic E-state index is 12.5. The Balaban J connectivity index is 1.33. The van der Waals surface area contributed by atoms with E-state index in [-0.39, 0.29) is 5.91 Å². The van der Waals surface area contributed by atoms with Crippen LogP contribution in [0.15, 0.2) is 48.5 Å². The SMILES string of the molecule is O=C(CN1CCC(c2ccccc2Cl)CC1)Nc1ccc2cc(C(=O)NO)sc2c1. The predicted molar refractivity (Wildman–Crippen MR) is 120 cm³/mol. The molecule has 0 spiro atoms. The van der Waals surface area contributed by atoms with E-state index in [0.29, 0.717) is 23.0 Å². The fraction of sp³-hybridized carbons (Fsp3) is 0.273. The van der Waals surface area contributed by atoms with Crippen molar-refractivity contribution >= 4 is 50.5 Å². The molecule has 6 nitrogen and oxygen atoms in total. The van der Waals surface area contributed by atoms with Gasteiger partial charge in [0.05, 0.1) is 11.4 Å². The van der Waals surface area contributed by atoms with Gasteiger partial charge in [0.1, 0.15) is 0 Å². The first-order chi connectivity index (χ1) is 14.5. The molecule has 1 saturated heterocycles. The topological polar surface area (TPSA) is 81.7 Å². The van der Waals surface area contributed by atoms with Crippen LogP contribution in [0.3, 0.4) is 0 Å². The van der Waals surface area contributed by atoms with Crippen molar-refractivity contribution < 1.29 is 14.8 Å². The number of amides is 2. The second kappa shape index (κ2) is 9.14. The molecule has 2 amide bonds. The van der Waals surface area contributed by atoms with Gasteiger partial charge >= 0.3 is 0 Å². The number of halogens is 1. The molecule has 0 radical (unpaired) electrons. The summed E-state index contributed by atoms with van der Waals surface area (Å²) in [6.07, 6.45) is 1.96. The number of carbonyl (C=O) groups excluding carboxylic acids is 2. The molecule has 1 aliphatic heterocycles. The van der Waals surface area contributed by atoms with E-state index in [9.17, 15) is 9.59 Å². The van der Waals surface area contributed by atoms with Crippen LogP contribution in [0.4, 0.5) is 5.69 Å². The molecule has 1 aliphatic rings. The highest BCUT2D eigenvalue weighted by atomic mass is 35.5. The van der Waals surface area contributed by atoms with Crippen LogP contribution in [0.1, 0.15) is 34.0 Å². The van der Waals surface area contributed by atoms with Crippen LogP contribution in [0.2, 0.25) is 5.02 Å². The van der Waals surface area contributed by atoms with Gasteiger partial charge in [-0.15, -0.1) is 11.3 Å². The molecular formula is C22H22ClN3O3S. The number of carbonyl (C=O) groups is 2. The molecule has 0 aliphatic carbocycles. The van der Waals surface area contributed by atoms with E-state index in [2.05, 4.69) is 16.3 Å². The number of hydroxylamine groups is 1. The molecule has 3 aromatic rings. The van der Waals surface area contributed by atoms with Gasteiger partial charge in [0.25, 0.3) is 5.91 Å². The van der Waals surface area contributed by atoms with E-state index in [1.54, 1.807) is 11.5 Å². The maximum Gasteiger partial charge on any atom is 0.284 e. The third-order valence-electron chi connectivity index (χ3n) is 5.43. The Morgan fingerprint density at radius 3 is 2.63 bits per heavy atom. The van der Waals surface area contributed by atoms with Gasteiger partial charge in [-0.25, -0.2) is 5.48 Å². The van der Waals surface area contributed by atoms with Crippen LogP contribution >= 0.6 is 22.9 Å². The highest BCUT2D eigenvalue weighted by Crippen LogP contribution is 2.32. The highest BCUT2D eigenvalue weighted by molar-refractivity contribution is 7.20. The summed E-state index contributed by atoms with van der Waals surface area (Å²) in [7, 11) is 0. The van der Waals surface area contributed by atoms with Crippen molar-refractivity contribution in [3.05, 3.63) is 64.0 Å². The van der Waals surface area contributed by atoms with Crippen molar-refractivity contribution in [2.75, 3.05) is 25.0 Å². The molecule has 0 unspecified atom stereocenters. The van der Waals surface area contributed by atoms with Crippen molar-refractivity contribution in [3.8, 4) is 0 Å². The Morgan fingerprint density at radius 2 is 1.90 bits per heavy atom. The summed E-state index contributed by atoms with van der Waals surface area (Å²) < 4.78 is 0.868. The van der Waals surface area contributed by atoms with Gasteiger partial charge in [-0.3, -0.25) is 19.7 Å². The van der Waals surface area contributed by atoms with Crippen molar-refractivity contribution in [2.45, 2.75) is 18.8 Å². The van der Waals surface area contributed by atoms with Crippen LogP contribution < -0.4 is 10.8 Å². The molecule has 30 heavy (non-hydrogen) atoms. The standard InChI is InChI=1S/C22H22ClN3O3S/c23-18-4-2-1-3-17(18)14-7-9-26(10-8-14)13-21(27)24-16-6-5-15-11-20(22(28)25-29)30-19(15)12-16/h1-6,11-12,14,29H,7-10,13H2,(H,24,27)(H,25,28). The van der Waals surface area contributed by atoms with Crippen LogP contribution in [-0.2, 0) is 4.79 Å². The lowest BCUT2D eigenvalue weighted by Gasteiger charge is -2.32. The molecule has 1 fully saturated rings. The second-order valence-electron chi connectivity index (χ2n) is 7.42.